The van der Waals surface area contributed by atoms with Crippen molar-refractivity contribution in [1.29, 1.82) is 0 Å². The third-order valence-electron chi connectivity index (χ3n) is 1.65. The molecule has 0 saturated carbocycles. The molecule has 0 heterocycles. The van der Waals surface area contributed by atoms with Gasteiger partial charge in [0.05, 0.1) is 18.6 Å². The van der Waals surface area contributed by atoms with E-state index in [2.05, 4.69) is 20.7 Å². The SMILES string of the molecule is COC(=O)Cc1cc(Cl)c(F)cc1Br. The van der Waals surface area contributed by atoms with E-state index in [1.807, 2.05) is 0 Å². The predicted octanol–water partition coefficient (Wildman–Crippen LogP) is 2.96. The topological polar surface area (TPSA) is 26.3 Å². The fraction of sp³-hybridized carbons (Fsp3) is 0.222. The standard InChI is InChI=1S/C9H7BrClFO2/c1-14-9(13)3-5-2-7(11)8(12)4-6(5)10/h2,4H,3H2,1H3. The molecule has 0 N–H and O–H groups in total. The van der Waals surface area contributed by atoms with Gasteiger partial charge < -0.3 is 4.74 Å². The van der Waals surface area contributed by atoms with Crippen LogP contribution in [-0.4, -0.2) is 13.1 Å². The Bertz CT molecular complexity index is 368. The molecule has 0 saturated heterocycles. The van der Waals surface area contributed by atoms with Crippen LogP contribution in [0.2, 0.25) is 5.02 Å². The summed E-state index contributed by atoms with van der Waals surface area (Å²) in [5.74, 6) is -0.916. The number of rotatable bonds is 2. The Morgan fingerprint density at radius 1 is 1.64 bits per heavy atom. The number of esters is 1. The summed E-state index contributed by atoms with van der Waals surface area (Å²) in [6.45, 7) is 0. The molecule has 0 unspecified atom stereocenters. The molecule has 0 fully saturated rings. The smallest absolute Gasteiger partial charge is 0.310 e. The van der Waals surface area contributed by atoms with Crippen molar-refractivity contribution in [2.24, 2.45) is 0 Å². The summed E-state index contributed by atoms with van der Waals surface area (Å²) in [5.41, 5.74) is 0.600. The van der Waals surface area contributed by atoms with E-state index in [4.69, 9.17) is 11.6 Å². The maximum absolute atomic E-state index is 12.9. The maximum atomic E-state index is 12.9. The van der Waals surface area contributed by atoms with Crippen LogP contribution < -0.4 is 0 Å². The molecule has 0 aromatic heterocycles. The number of benzene rings is 1. The van der Waals surface area contributed by atoms with Gasteiger partial charge in [-0.25, -0.2) is 4.39 Å². The Hall–Kier alpha value is -0.610. The Kier molecular flexibility index (Phi) is 3.89. The summed E-state index contributed by atoms with van der Waals surface area (Å²) in [6.07, 6.45) is 0.0666. The van der Waals surface area contributed by atoms with Crippen LogP contribution in [0.5, 0.6) is 0 Å². The summed E-state index contributed by atoms with van der Waals surface area (Å²) in [5, 5.41) is -0.00731. The molecule has 1 aromatic rings. The summed E-state index contributed by atoms with van der Waals surface area (Å²) >= 11 is 8.70. The minimum atomic E-state index is -0.521. The van der Waals surface area contributed by atoms with E-state index in [1.54, 1.807) is 0 Å². The average molecular weight is 282 g/mol. The van der Waals surface area contributed by atoms with E-state index < -0.39 is 11.8 Å². The molecule has 0 aliphatic carbocycles. The fourth-order valence-corrected chi connectivity index (χ4v) is 1.57. The number of carbonyl (C=O) groups is 1. The van der Waals surface area contributed by atoms with Crippen LogP contribution in [0, 0.1) is 5.82 Å². The highest BCUT2D eigenvalue weighted by molar-refractivity contribution is 9.10. The molecule has 0 aliphatic rings. The number of hydrogen-bond acceptors (Lipinski definition) is 2. The molecule has 5 heteroatoms. The molecule has 0 bridgehead atoms. The average Bonchev–Trinajstić information content (AvgIpc) is 2.14. The van der Waals surface area contributed by atoms with Gasteiger partial charge >= 0.3 is 5.97 Å². The lowest BCUT2D eigenvalue weighted by Gasteiger charge is -2.04. The molecule has 0 radical (unpaired) electrons. The molecule has 1 aromatic carbocycles. The fourth-order valence-electron chi connectivity index (χ4n) is 0.927. The molecular weight excluding hydrogens is 274 g/mol. The van der Waals surface area contributed by atoms with Crippen molar-refractivity contribution in [3.8, 4) is 0 Å². The van der Waals surface area contributed by atoms with Gasteiger partial charge in [-0.15, -0.1) is 0 Å². The van der Waals surface area contributed by atoms with Crippen molar-refractivity contribution in [2.45, 2.75) is 6.42 Å². The number of ether oxygens (including phenoxy) is 1. The van der Waals surface area contributed by atoms with E-state index in [0.717, 1.165) is 0 Å². The minimum Gasteiger partial charge on any atom is -0.469 e. The molecular formula is C9H7BrClFO2. The van der Waals surface area contributed by atoms with Gasteiger partial charge in [0.1, 0.15) is 5.82 Å². The van der Waals surface area contributed by atoms with Crippen LogP contribution in [0.15, 0.2) is 16.6 Å². The van der Waals surface area contributed by atoms with E-state index >= 15 is 0 Å². The van der Waals surface area contributed by atoms with Gasteiger partial charge in [0.15, 0.2) is 0 Å². The van der Waals surface area contributed by atoms with Crippen LogP contribution in [0.1, 0.15) is 5.56 Å². The van der Waals surface area contributed by atoms with E-state index in [9.17, 15) is 9.18 Å². The van der Waals surface area contributed by atoms with E-state index in [1.165, 1.54) is 19.2 Å². The first-order valence-electron chi connectivity index (χ1n) is 3.75. The second-order valence-corrected chi connectivity index (χ2v) is 3.87. The lowest BCUT2D eigenvalue weighted by molar-refractivity contribution is -0.139. The Labute approximate surface area is 94.1 Å². The zero-order valence-corrected chi connectivity index (χ0v) is 9.65. The Morgan fingerprint density at radius 2 is 2.29 bits per heavy atom. The van der Waals surface area contributed by atoms with Crippen molar-refractivity contribution in [3.05, 3.63) is 33.0 Å². The molecule has 2 nitrogen and oxygen atoms in total. The van der Waals surface area contributed by atoms with Crippen molar-refractivity contribution in [3.63, 3.8) is 0 Å². The van der Waals surface area contributed by atoms with Crippen LogP contribution in [0.4, 0.5) is 4.39 Å². The van der Waals surface area contributed by atoms with Gasteiger partial charge in [-0.3, -0.25) is 4.79 Å². The monoisotopic (exact) mass is 280 g/mol. The number of hydrogen-bond donors (Lipinski definition) is 0. The minimum absolute atomic E-state index is 0.00731. The second kappa shape index (κ2) is 4.75. The number of carbonyl (C=O) groups excluding carboxylic acids is 1. The van der Waals surface area contributed by atoms with Crippen molar-refractivity contribution in [2.75, 3.05) is 7.11 Å². The molecule has 76 valence electrons. The zero-order chi connectivity index (χ0) is 10.7. The summed E-state index contributed by atoms with van der Waals surface area (Å²) in [6, 6.07) is 2.62. The summed E-state index contributed by atoms with van der Waals surface area (Å²) in [4.78, 5) is 10.9. The van der Waals surface area contributed by atoms with Crippen LogP contribution in [0.3, 0.4) is 0 Å². The second-order valence-electron chi connectivity index (χ2n) is 2.61. The van der Waals surface area contributed by atoms with Gasteiger partial charge in [0, 0.05) is 4.47 Å². The Balaban J connectivity index is 2.98. The van der Waals surface area contributed by atoms with Gasteiger partial charge in [-0.05, 0) is 17.7 Å². The van der Waals surface area contributed by atoms with Gasteiger partial charge in [-0.1, -0.05) is 27.5 Å². The molecule has 0 spiro atoms. The molecule has 14 heavy (non-hydrogen) atoms. The van der Waals surface area contributed by atoms with E-state index in [0.29, 0.717) is 10.0 Å². The quantitative estimate of drug-likeness (QED) is 0.615. The van der Waals surface area contributed by atoms with Crippen LogP contribution in [0.25, 0.3) is 0 Å². The first-order chi connectivity index (χ1) is 6.54. The third-order valence-corrected chi connectivity index (χ3v) is 2.68. The van der Waals surface area contributed by atoms with Crippen molar-refractivity contribution in [1.82, 2.24) is 0 Å². The van der Waals surface area contributed by atoms with Gasteiger partial charge in [0.2, 0.25) is 0 Å². The number of methoxy groups -OCH3 is 1. The largest absolute Gasteiger partial charge is 0.469 e. The van der Waals surface area contributed by atoms with Gasteiger partial charge in [0.25, 0.3) is 0 Å². The lowest BCUT2D eigenvalue weighted by Crippen LogP contribution is -2.05. The van der Waals surface area contributed by atoms with Crippen molar-refractivity contribution >= 4 is 33.5 Å². The predicted molar refractivity (Wildman–Crippen MR) is 54.8 cm³/mol. The molecule has 0 aliphatic heterocycles. The highest BCUT2D eigenvalue weighted by Crippen LogP contribution is 2.25. The molecule has 0 amide bonds. The first kappa shape index (κ1) is 11.5. The van der Waals surface area contributed by atoms with Crippen LogP contribution >= 0.6 is 27.5 Å². The highest BCUT2D eigenvalue weighted by atomic mass is 79.9. The first-order valence-corrected chi connectivity index (χ1v) is 4.92. The molecule has 1 rings (SSSR count). The van der Waals surface area contributed by atoms with Crippen LogP contribution in [-0.2, 0) is 16.0 Å². The Morgan fingerprint density at radius 3 is 2.86 bits per heavy atom. The highest BCUT2D eigenvalue weighted by Gasteiger charge is 2.10. The summed E-state index contributed by atoms with van der Waals surface area (Å²) in [7, 11) is 1.29. The van der Waals surface area contributed by atoms with E-state index in [-0.39, 0.29) is 11.4 Å². The lowest BCUT2D eigenvalue weighted by atomic mass is 10.1. The maximum Gasteiger partial charge on any atom is 0.310 e. The summed E-state index contributed by atoms with van der Waals surface area (Å²) < 4.78 is 17.9. The zero-order valence-electron chi connectivity index (χ0n) is 7.31. The van der Waals surface area contributed by atoms with Crippen molar-refractivity contribution < 1.29 is 13.9 Å². The normalized spacial score (nSPS) is 10.0. The third kappa shape index (κ3) is 2.69. The van der Waals surface area contributed by atoms with Gasteiger partial charge in [-0.2, -0.15) is 0 Å². The molecule has 0 atom stereocenters. The number of halogens is 3.